The summed E-state index contributed by atoms with van der Waals surface area (Å²) < 4.78 is 82.6. The number of hydrogen-bond acceptors (Lipinski definition) is 5. The Morgan fingerprint density at radius 2 is 1.06 bits per heavy atom. The number of carbonyl (C=O) groups excluding carboxylic acids is 1. The molecule has 24 heteroatoms. The van der Waals surface area contributed by atoms with E-state index in [4.69, 9.17) is 109 Å². The maximum absolute atomic E-state index is 12.6. The summed E-state index contributed by atoms with van der Waals surface area (Å²) in [5.74, 6) is -0.524. The maximum atomic E-state index is 12.6. The van der Waals surface area contributed by atoms with Crippen molar-refractivity contribution in [3.8, 4) is 0 Å². The summed E-state index contributed by atoms with van der Waals surface area (Å²) >= 11 is 52.8. The van der Waals surface area contributed by atoms with E-state index in [1.54, 1.807) is 13.8 Å². The fourth-order valence-electron chi connectivity index (χ4n) is 3.46. The Kier molecular flexibility index (Phi) is 14.8. The summed E-state index contributed by atoms with van der Waals surface area (Å²) in [5.41, 5.74) is 3.42. The molecule has 0 heterocycles. The third-order valence-electron chi connectivity index (χ3n) is 6.78. The third kappa shape index (κ3) is 11.1. The molecule has 0 radical (unpaired) electrons. The van der Waals surface area contributed by atoms with Crippen LogP contribution < -0.4 is 16.3 Å². The number of hydrazine groups is 1. The fraction of sp³-hybridized carbons (Fsp3) is 0.417. The molecule has 2 aliphatic carbocycles. The molecule has 0 saturated heterocycles. The minimum atomic E-state index is -4.58. The lowest BCUT2D eigenvalue weighted by Gasteiger charge is -2.17. The number of rotatable bonds is 6. The summed E-state index contributed by atoms with van der Waals surface area (Å²) in [5, 5.41) is 2.87. The van der Waals surface area contributed by atoms with Crippen LogP contribution in [0.25, 0.3) is 0 Å². The van der Waals surface area contributed by atoms with Crippen LogP contribution >= 0.6 is 126 Å². The first-order valence-corrected chi connectivity index (χ1v) is 18.4. The lowest BCUT2D eigenvalue weighted by Crippen LogP contribution is -2.37. The van der Waals surface area contributed by atoms with Gasteiger partial charge in [0.25, 0.3) is 0 Å². The second-order valence-corrected chi connectivity index (χ2v) is 17.8. The number of hydrazone groups is 1. The minimum Gasteiger partial charge on any atom is -0.296 e. The molecule has 1 amide bonds. The molecule has 0 aromatic heterocycles. The van der Waals surface area contributed by atoms with E-state index in [-0.39, 0.29) is 43.1 Å². The van der Waals surface area contributed by atoms with E-state index in [1.165, 1.54) is 0 Å². The number of benzene rings is 2. The maximum Gasteiger partial charge on any atom is 0.416 e. The summed E-state index contributed by atoms with van der Waals surface area (Å²) in [4.78, 5) is 12.0. The predicted molar refractivity (Wildman–Crippen MR) is 186 cm³/mol. The first-order valence-electron chi connectivity index (χ1n) is 12.2. The van der Waals surface area contributed by atoms with E-state index in [9.17, 15) is 31.1 Å². The molecule has 270 valence electrons. The van der Waals surface area contributed by atoms with Crippen molar-refractivity contribution in [2.24, 2.45) is 15.9 Å². The van der Waals surface area contributed by atoms with Crippen LogP contribution in [0.1, 0.15) is 37.8 Å². The molecule has 2 fully saturated rings. The number of halogens is 17. The van der Waals surface area contributed by atoms with Crippen LogP contribution in [0.4, 0.5) is 37.7 Å². The Bertz CT molecular complexity index is 1560. The van der Waals surface area contributed by atoms with Crippen LogP contribution in [0.15, 0.2) is 29.4 Å². The molecule has 0 aliphatic heterocycles. The van der Waals surface area contributed by atoms with Gasteiger partial charge in [0.1, 0.15) is 13.8 Å². The average molecular weight is 929 g/mol. The van der Waals surface area contributed by atoms with E-state index in [2.05, 4.69) is 42.7 Å². The monoisotopic (exact) mass is 924 g/mol. The number of nitrogens with one attached hydrogen (secondary N) is 3. The van der Waals surface area contributed by atoms with Crippen LogP contribution in [0, 0.1) is 10.8 Å². The quantitative estimate of drug-likeness (QED) is 0.0886. The molecule has 0 spiro atoms. The largest absolute Gasteiger partial charge is 0.416 e. The zero-order chi connectivity index (χ0) is 37.4. The standard InChI is InChI=1S/C12H8Cl5F3N2.C12H9Cl4F3N2O.Cl2OS/c1-10(4-11(10,16)17)9(15)22-21-8-6(13)2-5(3-7(8)14)12(18,19)20;1-10(4-11(10,15)16)9(22)21-20-8-6(13)2-5(3-7(8)14)12(17,18)19;1-4(2)3/h2-3,21H,4H2,1H3;2-3,20H,4H2,1H3,(H,21,22);/b22-9-;;. The Hall–Kier alpha value is 0.1000. The molecule has 2 aromatic carbocycles. The molecule has 2 atom stereocenters. The van der Waals surface area contributed by atoms with Crippen LogP contribution in [0.3, 0.4) is 0 Å². The molecule has 48 heavy (non-hydrogen) atoms. The predicted octanol–water partition coefficient (Wildman–Crippen LogP) is 12.6. The lowest BCUT2D eigenvalue weighted by molar-refractivity contribution is -0.138. The van der Waals surface area contributed by atoms with Crippen molar-refractivity contribution >= 4 is 157 Å². The van der Waals surface area contributed by atoms with Crippen LogP contribution in [-0.2, 0) is 26.4 Å². The molecular weight excluding hydrogens is 912 g/mol. The van der Waals surface area contributed by atoms with E-state index >= 15 is 0 Å². The van der Waals surface area contributed by atoms with Crippen LogP contribution in [0.5, 0.6) is 0 Å². The molecule has 2 saturated carbocycles. The third-order valence-corrected chi connectivity index (χ3v) is 10.7. The van der Waals surface area contributed by atoms with Crippen molar-refractivity contribution in [2.75, 3.05) is 10.9 Å². The van der Waals surface area contributed by atoms with E-state index in [0.717, 1.165) is 12.1 Å². The second-order valence-electron chi connectivity index (χ2n) is 10.3. The van der Waals surface area contributed by atoms with Crippen molar-refractivity contribution < 1.29 is 35.3 Å². The Morgan fingerprint density at radius 1 is 0.750 bits per heavy atom. The number of carbonyl (C=O) groups is 1. The molecule has 2 aliphatic rings. The average Bonchev–Trinajstić information content (AvgIpc) is 3.65. The molecule has 3 N–H and O–H groups in total. The highest BCUT2D eigenvalue weighted by atomic mass is 36.0. The van der Waals surface area contributed by atoms with Gasteiger partial charge in [0.05, 0.1) is 53.4 Å². The number of hydrogen-bond donors (Lipinski definition) is 3. The Morgan fingerprint density at radius 3 is 1.35 bits per heavy atom. The van der Waals surface area contributed by atoms with Crippen molar-refractivity contribution in [3.63, 3.8) is 0 Å². The van der Waals surface area contributed by atoms with Gasteiger partial charge < -0.3 is 0 Å². The van der Waals surface area contributed by atoms with Gasteiger partial charge >= 0.3 is 12.4 Å². The van der Waals surface area contributed by atoms with Gasteiger partial charge in [-0.25, -0.2) is 4.21 Å². The molecule has 4 rings (SSSR count). The zero-order valence-electron chi connectivity index (χ0n) is 23.3. The van der Waals surface area contributed by atoms with Gasteiger partial charge in [-0.2, -0.15) is 31.4 Å². The van der Waals surface area contributed by atoms with Gasteiger partial charge in [0.2, 0.25) is 15.1 Å². The van der Waals surface area contributed by atoms with Crippen molar-refractivity contribution in [1.82, 2.24) is 5.43 Å². The Balaban J connectivity index is 0.000000300. The van der Waals surface area contributed by atoms with Gasteiger partial charge in [-0.3, -0.25) is 21.1 Å². The first kappa shape index (κ1) is 44.3. The molecular formula is C24H17Cl11F6N4O2S. The fourth-order valence-corrected chi connectivity index (χ4v) is 6.40. The molecule has 0 bridgehead atoms. The van der Waals surface area contributed by atoms with Gasteiger partial charge in [0.15, 0.2) is 0 Å². The number of anilines is 2. The molecule has 6 nitrogen and oxygen atoms in total. The Labute approximate surface area is 325 Å². The van der Waals surface area contributed by atoms with Crippen molar-refractivity contribution in [2.45, 2.75) is 47.7 Å². The van der Waals surface area contributed by atoms with Gasteiger partial charge in [-0.15, -0.1) is 46.4 Å². The highest BCUT2D eigenvalue weighted by molar-refractivity contribution is 8.26. The first-order chi connectivity index (χ1) is 21.5. The second kappa shape index (κ2) is 16.0. The van der Waals surface area contributed by atoms with E-state index in [0.29, 0.717) is 18.6 Å². The lowest BCUT2D eigenvalue weighted by atomic mass is 10.1. The summed E-state index contributed by atoms with van der Waals surface area (Å²) in [7, 11) is 7.36. The topological polar surface area (TPSA) is 82.6 Å². The zero-order valence-corrected chi connectivity index (χ0v) is 32.5. The van der Waals surface area contributed by atoms with Crippen molar-refractivity contribution in [3.05, 3.63) is 55.5 Å². The normalized spacial score (nSPS) is 22.5. The van der Waals surface area contributed by atoms with E-state index in [1.807, 2.05) is 0 Å². The number of amides is 1. The van der Waals surface area contributed by atoms with Gasteiger partial charge in [-0.1, -0.05) is 64.9 Å². The number of nitrogens with zero attached hydrogens (tertiary/aromatic N) is 1. The molecule has 2 aromatic rings. The van der Waals surface area contributed by atoms with Gasteiger partial charge in [-0.05, 0) is 44.0 Å². The summed E-state index contributed by atoms with van der Waals surface area (Å²) in [6, 6.07) is 2.89. The highest BCUT2D eigenvalue weighted by Gasteiger charge is 2.68. The summed E-state index contributed by atoms with van der Waals surface area (Å²) in [6.45, 7) is 3.26. The van der Waals surface area contributed by atoms with E-state index < -0.39 is 58.1 Å². The van der Waals surface area contributed by atoms with Gasteiger partial charge in [0, 0.05) is 21.4 Å². The van der Waals surface area contributed by atoms with Crippen LogP contribution in [0.2, 0.25) is 20.1 Å². The minimum absolute atomic E-state index is 0.00785. The van der Waals surface area contributed by atoms with Crippen LogP contribution in [-0.4, -0.2) is 24.0 Å². The molecule has 2 unspecified atom stereocenters. The summed E-state index contributed by atoms with van der Waals surface area (Å²) in [6.07, 6.45) is -8.47. The highest BCUT2D eigenvalue weighted by Crippen LogP contribution is 2.65. The SMILES string of the molecule is CC1(/C(Cl)=N/Nc2c(Cl)cc(C(F)(F)F)cc2Cl)CC1(Cl)Cl.CC1(C(=O)NNc2c(Cl)cc(C(F)(F)F)cc2Cl)CC1(Cl)Cl.O=S(Cl)Cl. The smallest absolute Gasteiger partial charge is 0.296 e. The number of alkyl halides is 10. The van der Waals surface area contributed by atoms with Crippen molar-refractivity contribution in [1.29, 1.82) is 0 Å².